The van der Waals surface area contributed by atoms with Crippen molar-refractivity contribution in [2.75, 3.05) is 54.5 Å². The summed E-state index contributed by atoms with van der Waals surface area (Å²) in [5.74, 6) is -0.269. The number of carbonyl (C=O) groups is 1. The molecule has 2 atom stereocenters. The number of hydrogen-bond donors (Lipinski definition) is 3. The van der Waals surface area contributed by atoms with Gasteiger partial charge in [-0.2, -0.15) is 18.4 Å². The van der Waals surface area contributed by atoms with Crippen molar-refractivity contribution in [2.45, 2.75) is 94.3 Å². The number of carbonyl (C=O) groups excluding carboxylic acids is 1. The van der Waals surface area contributed by atoms with Gasteiger partial charge in [-0.15, -0.1) is 0 Å². The molecule has 1 spiro atoms. The van der Waals surface area contributed by atoms with Gasteiger partial charge < -0.3 is 29.6 Å². The topological polar surface area (TPSA) is 188 Å². The second-order valence-electron chi connectivity index (χ2n) is 19.7. The minimum Gasteiger partial charge on any atom is -0.476 e. The molecule has 1 aliphatic carbocycles. The lowest BCUT2D eigenvalue weighted by Gasteiger charge is -2.56. The van der Waals surface area contributed by atoms with Gasteiger partial charge in [-0.1, -0.05) is 68.4 Å². The molecule has 0 bridgehead atoms. The average molecular weight is 952 g/mol. The van der Waals surface area contributed by atoms with Crippen LogP contribution in [-0.2, 0) is 16.4 Å². The standard InChI is InChI=1S/C52H57N9O7S/c1-33(2)39-12-6-7-13-40(39)42-14-8-21-59(42)38-30-52(31-38)18-23-58(24-19-52)37-15-16-41(43(28-37)60-22-9-25-67-50-45(60)27-35-17-20-53-48(35)56-50)49(62)57-69(65,66)46-29-44(61(63)64)47-51(55-46)68-32-36(54-47)26-34-10-4-3-5-11-34/h3-7,10-13,15-17,20,27-29,33,36,38,42,54H,8-9,14,18-19,21-26,30-32H2,1-2H3,(H,53,56)(H,57,62)/t36-,42?/m0/s1. The number of fused-ring (bicyclic) bond motifs is 3. The number of hydrogen-bond acceptors (Lipinski definition) is 13. The van der Waals surface area contributed by atoms with Crippen LogP contribution < -0.4 is 29.3 Å². The summed E-state index contributed by atoms with van der Waals surface area (Å²) in [4.78, 5) is 45.5. The molecule has 1 unspecified atom stereocenters. The van der Waals surface area contributed by atoms with Gasteiger partial charge in [0.2, 0.25) is 11.8 Å². The van der Waals surface area contributed by atoms with Crippen LogP contribution >= 0.6 is 0 Å². The van der Waals surface area contributed by atoms with Crippen LogP contribution in [0.5, 0.6) is 11.8 Å². The lowest BCUT2D eigenvalue weighted by Crippen LogP contribution is -2.55. The maximum atomic E-state index is 14.5. The maximum Gasteiger partial charge on any atom is 0.300 e. The van der Waals surface area contributed by atoms with E-state index in [9.17, 15) is 23.3 Å². The number of nitro groups is 1. The Morgan fingerprint density at radius 2 is 1.71 bits per heavy atom. The number of likely N-dealkylation sites (tertiary alicyclic amines) is 1. The molecule has 2 saturated heterocycles. The number of amides is 1. The highest BCUT2D eigenvalue weighted by atomic mass is 32.2. The summed E-state index contributed by atoms with van der Waals surface area (Å²) in [6.07, 6.45) is 9.87. The number of benzene rings is 3. The molecule has 16 nitrogen and oxygen atoms in total. The molecule has 11 rings (SSSR count). The Kier molecular flexibility index (Phi) is 11.7. The number of rotatable bonds is 11. The molecule has 4 aliphatic heterocycles. The third-order valence-electron chi connectivity index (χ3n) is 15.1. The van der Waals surface area contributed by atoms with E-state index in [1.165, 1.54) is 36.8 Å². The van der Waals surface area contributed by atoms with E-state index in [1.807, 2.05) is 59.5 Å². The Labute approximate surface area is 401 Å². The van der Waals surface area contributed by atoms with Gasteiger partial charge in [-0.25, -0.2) is 4.72 Å². The van der Waals surface area contributed by atoms with E-state index in [1.54, 1.807) is 12.3 Å². The van der Waals surface area contributed by atoms with Crippen molar-refractivity contribution in [2.24, 2.45) is 5.41 Å². The van der Waals surface area contributed by atoms with E-state index in [-0.39, 0.29) is 29.8 Å². The molecule has 3 aromatic carbocycles. The number of nitrogens with zero attached hydrogens (tertiary/aromatic N) is 6. The normalized spacial score (nSPS) is 20.3. The average Bonchev–Trinajstić information content (AvgIpc) is 3.97. The van der Waals surface area contributed by atoms with Crippen LogP contribution in [0, 0.1) is 15.5 Å². The monoisotopic (exact) mass is 951 g/mol. The zero-order valence-corrected chi connectivity index (χ0v) is 39.7. The van der Waals surface area contributed by atoms with Gasteiger partial charge >= 0.3 is 5.69 Å². The molecule has 7 heterocycles. The van der Waals surface area contributed by atoms with Crippen LogP contribution in [-0.4, -0.2) is 90.6 Å². The van der Waals surface area contributed by atoms with Gasteiger partial charge in [-0.3, -0.25) is 19.8 Å². The molecule has 1 saturated carbocycles. The number of ether oxygens (including phenoxy) is 2. The fourth-order valence-electron chi connectivity index (χ4n) is 11.5. The highest BCUT2D eigenvalue weighted by Crippen LogP contribution is 2.54. The Bertz CT molecular complexity index is 3040. The Morgan fingerprint density at radius 3 is 2.51 bits per heavy atom. The van der Waals surface area contributed by atoms with E-state index in [0.29, 0.717) is 72.3 Å². The van der Waals surface area contributed by atoms with E-state index >= 15 is 0 Å². The zero-order chi connectivity index (χ0) is 47.4. The van der Waals surface area contributed by atoms with E-state index in [0.717, 1.165) is 55.2 Å². The third-order valence-corrected chi connectivity index (χ3v) is 16.3. The van der Waals surface area contributed by atoms with Gasteiger partial charge in [0.15, 0.2) is 10.7 Å². The van der Waals surface area contributed by atoms with Crippen LogP contribution in [0.25, 0.3) is 11.0 Å². The van der Waals surface area contributed by atoms with Crippen LogP contribution in [0.3, 0.4) is 0 Å². The quantitative estimate of drug-likeness (QED) is 0.0825. The van der Waals surface area contributed by atoms with Gasteiger partial charge in [0.05, 0.1) is 34.9 Å². The van der Waals surface area contributed by atoms with Crippen molar-refractivity contribution in [3.63, 3.8) is 0 Å². The SMILES string of the molecule is CC(C)c1ccccc1C1CCCN1C1CC2(CCN(c3ccc(C(=O)NS(=O)(=O)c4cc([N+](=O)[O-])c5c(n4)OC[C@H](Cc4ccccc4)N5)c(N4CCCOc5nc6[nH]ccc6cc54)c3)CC2)C1. The summed E-state index contributed by atoms with van der Waals surface area (Å²) >= 11 is 0. The second kappa shape index (κ2) is 18.0. The molecule has 3 fully saturated rings. The van der Waals surface area contributed by atoms with Crippen LogP contribution in [0.15, 0.2) is 102 Å². The minimum atomic E-state index is -4.77. The van der Waals surface area contributed by atoms with Gasteiger partial charge in [0.25, 0.3) is 15.9 Å². The number of pyridine rings is 2. The van der Waals surface area contributed by atoms with Gasteiger partial charge in [0, 0.05) is 49.0 Å². The van der Waals surface area contributed by atoms with Crippen molar-refractivity contribution < 1.29 is 27.6 Å². The van der Waals surface area contributed by atoms with Crippen molar-refractivity contribution in [1.29, 1.82) is 0 Å². The Hall–Kier alpha value is -6.72. The number of H-pyrrole nitrogens is 1. The molecule has 1 amide bonds. The van der Waals surface area contributed by atoms with Crippen LogP contribution in [0.4, 0.5) is 28.4 Å². The van der Waals surface area contributed by atoms with E-state index in [4.69, 9.17) is 14.5 Å². The second-order valence-corrected chi connectivity index (χ2v) is 21.3. The van der Waals surface area contributed by atoms with Crippen LogP contribution in [0.1, 0.15) is 97.8 Å². The summed E-state index contributed by atoms with van der Waals surface area (Å²) in [7, 11) is -4.77. The first-order valence-corrected chi connectivity index (χ1v) is 25.7. The lowest BCUT2D eigenvalue weighted by atomic mass is 9.59. The van der Waals surface area contributed by atoms with E-state index in [2.05, 4.69) is 67.9 Å². The molecule has 358 valence electrons. The lowest BCUT2D eigenvalue weighted by molar-refractivity contribution is -0.384. The number of anilines is 4. The predicted molar refractivity (Wildman–Crippen MR) is 264 cm³/mol. The van der Waals surface area contributed by atoms with Gasteiger partial charge in [-0.05, 0) is 116 Å². The van der Waals surface area contributed by atoms with Crippen molar-refractivity contribution in [3.05, 3.63) is 130 Å². The Morgan fingerprint density at radius 1 is 0.913 bits per heavy atom. The highest BCUT2D eigenvalue weighted by Gasteiger charge is 2.50. The third kappa shape index (κ3) is 8.60. The summed E-state index contributed by atoms with van der Waals surface area (Å²) < 4.78 is 42.5. The number of sulfonamides is 1. The number of piperidine rings is 1. The summed E-state index contributed by atoms with van der Waals surface area (Å²) in [5.41, 5.74) is 6.50. The largest absolute Gasteiger partial charge is 0.476 e. The number of aromatic amines is 1. The fraction of sp³-hybridized carbons (Fsp3) is 0.404. The molecule has 6 aromatic rings. The minimum absolute atomic E-state index is 0.0215. The summed E-state index contributed by atoms with van der Waals surface area (Å²) in [6, 6.07) is 29.6. The molecule has 3 N–H and O–H groups in total. The molecule has 3 aromatic heterocycles. The first-order valence-electron chi connectivity index (χ1n) is 24.2. The zero-order valence-electron chi connectivity index (χ0n) is 38.9. The number of aromatic nitrogens is 3. The molecular weight excluding hydrogens is 895 g/mol. The van der Waals surface area contributed by atoms with Crippen molar-refractivity contribution in [3.8, 4) is 11.8 Å². The smallest absolute Gasteiger partial charge is 0.300 e. The molecule has 0 radical (unpaired) electrons. The first-order chi connectivity index (χ1) is 33.4. The van der Waals surface area contributed by atoms with Crippen molar-refractivity contribution in [1.82, 2.24) is 24.6 Å². The summed E-state index contributed by atoms with van der Waals surface area (Å²) in [6.45, 7) is 8.37. The van der Waals surface area contributed by atoms with Crippen molar-refractivity contribution >= 4 is 55.4 Å². The molecular formula is C52H57N9O7S. The Balaban J connectivity index is 0.854. The maximum absolute atomic E-state index is 14.5. The fourth-order valence-corrected chi connectivity index (χ4v) is 12.5. The van der Waals surface area contributed by atoms with Gasteiger partial charge in [0.1, 0.15) is 17.9 Å². The van der Waals surface area contributed by atoms with Crippen LogP contribution in [0.2, 0.25) is 0 Å². The number of nitrogens with one attached hydrogen (secondary N) is 3. The summed E-state index contributed by atoms with van der Waals surface area (Å²) in [5, 5.41) is 15.7. The van der Waals surface area contributed by atoms with E-state index < -0.39 is 31.6 Å². The first kappa shape index (κ1) is 44.8. The predicted octanol–water partition coefficient (Wildman–Crippen LogP) is 9.03. The highest BCUT2D eigenvalue weighted by molar-refractivity contribution is 7.90. The molecule has 69 heavy (non-hydrogen) atoms. The molecule has 17 heteroatoms. The molecule has 5 aliphatic rings.